The molecule has 0 bridgehead atoms. The van der Waals surface area contributed by atoms with Gasteiger partial charge in [0.1, 0.15) is 4.88 Å². The molecular weight excluding hydrogens is 349 g/mol. The fourth-order valence-electron chi connectivity index (χ4n) is 1.59. The maximum Gasteiger partial charge on any atom is 0.348 e. The maximum absolute atomic E-state index is 11.0. The minimum absolute atomic E-state index is 0.220. The van der Waals surface area contributed by atoms with E-state index in [-0.39, 0.29) is 4.88 Å². The van der Waals surface area contributed by atoms with E-state index >= 15 is 0 Å². The summed E-state index contributed by atoms with van der Waals surface area (Å²) in [6.45, 7) is 1.86. The number of thiophene rings is 1. The second-order valence-electron chi connectivity index (χ2n) is 3.58. The minimum Gasteiger partial charge on any atom is -0.477 e. The van der Waals surface area contributed by atoms with Crippen molar-refractivity contribution >= 4 is 45.6 Å². The first kappa shape index (κ1) is 12.4. The number of carboxylic acid groups (broad SMARTS) is 1. The summed E-state index contributed by atoms with van der Waals surface area (Å²) in [6, 6.07) is 7.86. The molecule has 1 heterocycles. The topological polar surface area (TPSA) is 63.3 Å². The monoisotopic (exact) mass is 359 g/mol. The lowest BCUT2D eigenvalue weighted by atomic mass is 10.1. The lowest BCUT2D eigenvalue weighted by Gasteiger charge is -2.02. The first-order valence-corrected chi connectivity index (χ1v) is 6.79. The van der Waals surface area contributed by atoms with Gasteiger partial charge in [0.15, 0.2) is 0 Å². The molecule has 3 N–H and O–H groups in total. The van der Waals surface area contributed by atoms with E-state index in [2.05, 4.69) is 22.6 Å². The third kappa shape index (κ3) is 2.16. The molecule has 2 rings (SSSR count). The molecule has 0 amide bonds. The quantitative estimate of drug-likeness (QED) is 0.806. The molecule has 0 spiro atoms. The molecule has 0 aliphatic carbocycles. The zero-order chi connectivity index (χ0) is 12.6. The van der Waals surface area contributed by atoms with E-state index in [4.69, 9.17) is 10.8 Å². The molecule has 1 aromatic heterocycles. The van der Waals surface area contributed by atoms with Crippen LogP contribution in [0.4, 0.5) is 5.69 Å². The summed E-state index contributed by atoms with van der Waals surface area (Å²) in [4.78, 5) is 12.2. The summed E-state index contributed by atoms with van der Waals surface area (Å²) in [5.41, 5.74) is 8.07. The summed E-state index contributed by atoms with van der Waals surface area (Å²) in [6.07, 6.45) is 0. The molecule has 0 radical (unpaired) electrons. The van der Waals surface area contributed by atoms with Crippen molar-refractivity contribution in [2.24, 2.45) is 0 Å². The van der Waals surface area contributed by atoms with Crippen LogP contribution in [0.1, 0.15) is 15.2 Å². The van der Waals surface area contributed by atoms with E-state index in [0.717, 1.165) is 19.6 Å². The van der Waals surface area contributed by atoms with Gasteiger partial charge < -0.3 is 10.8 Å². The molecule has 0 unspecified atom stereocenters. The van der Waals surface area contributed by atoms with E-state index in [1.165, 1.54) is 11.3 Å². The van der Waals surface area contributed by atoms with Crippen molar-refractivity contribution < 1.29 is 9.90 Å². The van der Waals surface area contributed by atoms with Crippen molar-refractivity contribution in [3.8, 4) is 10.4 Å². The Morgan fingerprint density at radius 3 is 2.59 bits per heavy atom. The first-order valence-electron chi connectivity index (χ1n) is 4.89. The van der Waals surface area contributed by atoms with Gasteiger partial charge in [-0.1, -0.05) is 18.2 Å². The highest BCUT2D eigenvalue weighted by Gasteiger charge is 2.19. The maximum atomic E-state index is 11.0. The molecular formula is C12H10INO2S. The number of anilines is 1. The van der Waals surface area contributed by atoms with E-state index in [1.807, 2.05) is 31.2 Å². The van der Waals surface area contributed by atoms with Gasteiger partial charge in [-0.2, -0.15) is 0 Å². The van der Waals surface area contributed by atoms with Crippen LogP contribution >= 0.6 is 33.9 Å². The van der Waals surface area contributed by atoms with Crippen LogP contribution in [0.2, 0.25) is 0 Å². The van der Waals surface area contributed by atoms with Crippen LogP contribution < -0.4 is 5.73 Å². The number of carbonyl (C=O) groups is 1. The van der Waals surface area contributed by atoms with Crippen molar-refractivity contribution in [3.05, 3.63) is 38.3 Å². The fourth-order valence-corrected chi connectivity index (χ4v) is 3.53. The predicted molar refractivity (Wildman–Crippen MR) is 78.6 cm³/mol. The molecule has 88 valence electrons. The second kappa shape index (κ2) is 4.66. The molecule has 3 nitrogen and oxygen atoms in total. The highest BCUT2D eigenvalue weighted by atomic mass is 127. The molecule has 0 fully saturated rings. The highest BCUT2D eigenvalue weighted by Crippen LogP contribution is 2.39. The van der Waals surface area contributed by atoms with E-state index < -0.39 is 5.97 Å². The van der Waals surface area contributed by atoms with Gasteiger partial charge in [-0.25, -0.2) is 4.79 Å². The number of nitrogen functional groups attached to an aromatic ring is 1. The predicted octanol–water partition coefficient (Wildman–Crippen LogP) is 3.61. The second-order valence-corrected chi connectivity index (χ2v) is 5.77. The average molecular weight is 359 g/mol. The SMILES string of the molecule is Cc1c(-c2ccccc2I)sc(C(=O)O)c1N. The van der Waals surface area contributed by atoms with Crippen LogP contribution in [0.3, 0.4) is 0 Å². The van der Waals surface area contributed by atoms with Crippen molar-refractivity contribution in [1.82, 2.24) is 0 Å². The Labute approximate surface area is 116 Å². The standard InChI is InChI=1S/C12H10INO2S/c1-6-9(14)11(12(15)16)17-10(6)7-4-2-3-5-8(7)13/h2-5H,14H2,1H3,(H,15,16). The third-order valence-corrected chi connectivity index (χ3v) is 4.78. The molecule has 0 saturated heterocycles. The number of halogens is 1. The largest absolute Gasteiger partial charge is 0.477 e. The molecule has 17 heavy (non-hydrogen) atoms. The van der Waals surface area contributed by atoms with Gasteiger partial charge in [0.2, 0.25) is 0 Å². The smallest absolute Gasteiger partial charge is 0.348 e. The van der Waals surface area contributed by atoms with Crippen LogP contribution in [0.15, 0.2) is 24.3 Å². The van der Waals surface area contributed by atoms with Gasteiger partial charge >= 0.3 is 5.97 Å². The number of nitrogens with two attached hydrogens (primary N) is 1. The Balaban J connectivity index is 2.66. The summed E-state index contributed by atoms with van der Waals surface area (Å²) < 4.78 is 1.09. The zero-order valence-electron chi connectivity index (χ0n) is 9.03. The number of hydrogen-bond acceptors (Lipinski definition) is 3. The molecule has 0 aliphatic heterocycles. The lowest BCUT2D eigenvalue weighted by Crippen LogP contribution is -1.97. The van der Waals surface area contributed by atoms with E-state index in [0.29, 0.717) is 5.69 Å². The Hall–Kier alpha value is -1.08. The van der Waals surface area contributed by atoms with Gasteiger partial charge in [-0.3, -0.25) is 0 Å². The van der Waals surface area contributed by atoms with Crippen molar-refractivity contribution in [3.63, 3.8) is 0 Å². The molecule has 2 aromatic rings. The van der Waals surface area contributed by atoms with Crippen LogP contribution in [-0.2, 0) is 0 Å². The van der Waals surface area contributed by atoms with Crippen LogP contribution in [0, 0.1) is 10.5 Å². The Bertz CT molecular complexity index is 592. The van der Waals surface area contributed by atoms with Crippen LogP contribution in [0.25, 0.3) is 10.4 Å². The molecule has 1 aromatic carbocycles. The lowest BCUT2D eigenvalue weighted by molar-refractivity contribution is 0.0703. The van der Waals surface area contributed by atoms with Crippen molar-refractivity contribution in [2.45, 2.75) is 6.92 Å². The normalized spacial score (nSPS) is 10.5. The van der Waals surface area contributed by atoms with E-state index in [1.54, 1.807) is 0 Å². The molecule has 0 aliphatic rings. The Morgan fingerprint density at radius 2 is 2.06 bits per heavy atom. The summed E-state index contributed by atoms with van der Waals surface area (Å²) in [7, 11) is 0. The zero-order valence-corrected chi connectivity index (χ0v) is 12.0. The highest BCUT2D eigenvalue weighted by molar-refractivity contribution is 14.1. The van der Waals surface area contributed by atoms with Crippen molar-refractivity contribution in [1.29, 1.82) is 0 Å². The summed E-state index contributed by atoms with van der Waals surface area (Å²) in [5.74, 6) is -0.965. The number of carboxylic acids is 1. The third-order valence-electron chi connectivity index (χ3n) is 2.51. The summed E-state index contributed by atoms with van der Waals surface area (Å²) >= 11 is 3.47. The number of rotatable bonds is 2. The Morgan fingerprint density at radius 1 is 1.41 bits per heavy atom. The fraction of sp³-hybridized carbons (Fsp3) is 0.0833. The van der Waals surface area contributed by atoms with Crippen LogP contribution in [-0.4, -0.2) is 11.1 Å². The van der Waals surface area contributed by atoms with Gasteiger partial charge in [-0.05, 0) is 41.1 Å². The van der Waals surface area contributed by atoms with Gasteiger partial charge in [-0.15, -0.1) is 11.3 Å². The number of aromatic carboxylic acids is 1. The van der Waals surface area contributed by atoms with Crippen molar-refractivity contribution in [2.75, 3.05) is 5.73 Å². The van der Waals surface area contributed by atoms with Gasteiger partial charge in [0, 0.05) is 14.0 Å². The Kier molecular flexibility index (Phi) is 3.39. The minimum atomic E-state index is -0.965. The van der Waals surface area contributed by atoms with Gasteiger partial charge in [0.05, 0.1) is 5.69 Å². The van der Waals surface area contributed by atoms with Gasteiger partial charge in [0.25, 0.3) is 0 Å². The van der Waals surface area contributed by atoms with Crippen LogP contribution in [0.5, 0.6) is 0 Å². The first-order chi connectivity index (χ1) is 8.02. The molecule has 0 atom stereocenters. The number of hydrogen-bond donors (Lipinski definition) is 2. The average Bonchev–Trinajstić information content (AvgIpc) is 2.57. The molecule has 5 heteroatoms. The number of benzene rings is 1. The van der Waals surface area contributed by atoms with E-state index in [9.17, 15) is 4.79 Å². The summed E-state index contributed by atoms with van der Waals surface area (Å²) in [5, 5.41) is 9.05. The molecule has 0 saturated carbocycles.